The fourth-order valence-corrected chi connectivity index (χ4v) is 3.99. The second-order valence-corrected chi connectivity index (χ2v) is 8.88. The monoisotopic (exact) mass is 434 g/mol. The van der Waals surface area contributed by atoms with Crippen LogP contribution in [0.3, 0.4) is 0 Å². The lowest BCUT2D eigenvalue weighted by Crippen LogP contribution is -2.53. The third-order valence-electron chi connectivity index (χ3n) is 5.35. The molecule has 7 nitrogen and oxygen atoms in total. The number of benzene rings is 1. The van der Waals surface area contributed by atoms with Gasteiger partial charge in [-0.15, -0.1) is 0 Å². The molecule has 1 aromatic carbocycles. The number of aryl methyl sites for hydroxylation is 2. The van der Waals surface area contributed by atoms with Crippen LogP contribution in [0.5, 0.6) is 5.75 Å². The van der Waals surface area contributed by atoms with E-state index in [2.05, 4.69) is 10.4 Å². The fourth-order valence-electron chi connectivity index (χ4n) is 3.88. The number of carbonyl (C=O) groups excluding carboxylic acids is 1. The maximum absolute atomic E-state index is 12.5. The first-order chi connectivity index (χ1) is 14.2. The van der Waals surface area contributed by atoms with Crippen molar-refractivity contribution < 1.29 is 14.6 Å². The minimum Gasteiger partial charge on any atom is -0.491 e. The number of halogens is 1. The summed E-state index contributed by atoms with van der Waals surface area (Å²) in [5.41, 5.74) is 0.891. The van der Waals surface area contributed by atoms with Crippen LogP contribution in [0.4, 0.5) is 5.82 Å². The lowest BCUT2D eigenvalue weighted by atomic mass is 9.93. The molecule has 2 N–H and O–H groups in total. The lowest BCUT2D eigenvalue weighted by Gasteiger charge is -2.38. The van der Waals surface area contributed by atoms with Crippen LogP contribution in [-0.2, 0) is 4.79 Å². The summed E-state index contributed by atoms with van der Waals surface area (Å²) in [6.45, 7) is 9.42. The summed E-state index contributed by atoms with van der Waals surface area (Å²) in [5, 5.41) is 18.9. The quantitative estimate of drug-likeness (QED) is 0.696. The van der Waals surface area contributed by atoms with Crippen LogP contribution < -0.4 is 10.1 Å². The van der Waals surface area contributed by atoms with E-state index in [1.165, 1.54) is 0 Å². The van der Waals surface area contributed by atoms with Gasteiger partial charge < -0.3 is 15.2 Å². The Labute approximate surface area is 183 Å². The van der Waals surface area contributed by atoms with Gasteiger partial charge in [-0.3, -0.25) is 9.69 Å². The Balaban J connectivity index is 1.56. The summed E-state index contributed by atoms with van der Waals surface area (Å²) in [5.74, 6) is 1.25. The number of hydrogen-bond acceptors (Lipinski definition) is 5. The molecule has 0 aliphatic carbocycles. The number of piperidine rings is 1. The van der Waals surface area contributed by atoms with E-state index in [-0.39, 0.29) is 25.1 Å². The van der Waals surface area contributed by atoms with Crippen molar-refractivity contribution in [3.05, 3.63) is 40.5 Å². The number of amides is 1. The molecule has 30 heavy (non-hydrogen) atoms. The number of rotatable bonds is 7. The molecule has 1 atom stereocenters. The van der Waals surface area contributed by atoms with Gasteiger partial charge in [0, 0.05) is 23.7 Å². The molecule has 3 rings (SSSR count). The Hall–Kier alpha value is -2.09. The highest BCUT2D eigenvalue weighted by Gasteiger charge is 2.35. The van der Waals surface area contributed by atoms with E-state index < -0.39 is 5.60 Å². The summed E-state index contributed by atoms with van der Waals surface area (Å²) >= 11 is 6.22. The molecule has 2 aromatic rings. The first-order valence-corrected chi connectivity index (χ1v) is 10.7. The van der Waals surface area contributed by atoms with Crippen molar-refractivity contribution in [3.8, 4) is 5.75 Å². The third-order valence-corrected chi connectivity index (χ3v) is 5.94. The number of β-amino-alcohol motifs (C(OH)–C–C–N with tert-alkyl or cyclic N) is 1. The van der Waals surface area contributed by atoms with E-state index in [4.69, 9.17) is 16.3 Å². The molecule has 0 bridgehead atoms. The number of ether oxygens (including phenoxy) is 1. The Morgan fingerprint density at radius 1 is 1.37 bits per heavy atom. The summed E-state index contributed by atoms with van der Waals surface area (Å²) in [4.78, 5) is 14.5. The van der Waals surface area contributed by atoms with Gasteiger partial charge >= 0.3 is 0 Å². The smallest absolute Gasteiger partial charge is 0.239 e. The van der Waals surface area contributed by atoms with Crippen molar-refractivity contribution in [2.45, 2.75) is 52.2 Å². The second kappa shape index (κ2) is 9.37. The molecule has 1 unspecified atom stereocenters. The molecule has 1 aliphatic rings. The Morgan fingerprint density at radius 3 is 2.73 bits per heavy atom. The highest BCUT2D eigenvalue weighted by atomic mass is 35.5. The van der Waals surface area contributed by atoms with Crippen LogP contribution in [0, 0.1) is 13.8 Å². The van der Waals surface area contributed by atoms with Crippen LogP contribution in [0.25, 0.3) is 0 Å². The average molecular weight is 435 g/mol. The van der Waals surface area contributed by atoms with Crippen LogP contribution in [0.1, 0.15) is 43.9 Å². The Morgan fingerprint density at radius 2 is 2.07 bits per heavy atom. The Kier molecular flexibility index (Phi) is 7.06. The van der Waals surface area contributed by atoms with Gasteiger partial charge in [0.25, 0.3) is 0 Å². The predicted molar refractivity (Wildman–Crippen MR) is 118 cm³/mol. The van der Waals surface area contributed by atoms with Gasteiger partial charge in [-0.1, -0.05) is 11.6 Å². The van der Waals surface area contributed by atoms with Gasteiger partial charge in [0.15, 0.2) is 0 Å². The van der Waals surface area contributed by atoms with Crippen LogP contribution in [0.2, 0.25) is 5.02 Å². The zero-order valence-electron chi connectivity index (χ0n) is 18.1. The van der Waals surface area contributed by atoms with Crippen molar-refractivity contribution in [2.24, 2.45) is 0 Å². The second-order valence-electron chi connectivity index (χ2n) is 8.50. The molecular weight excluding hydrogens is 404 g/mol. The molecule has 0 spiro atoms. The summed E-state index contributed by atoms with van der Waals surface area (Å²) < 4.78 is 7.67. The SMILES string of the molecule is Cc1cc(OCC2(O)CCCN(CC(=O)Nc3ccnn3C(C)C)C2)cc(C)c1Cl. The van der Waals surface area contributed by atoms with Crippen LogP contribution >= 0.6 is 11.6 Å². The van der Waals surface area contributed by atoms with Crippen molar-refractivity contribution >= 4 is 23.3 Å². The minimum absolute atomic E-state index is 0.119. The molecule has 1 aliphatic heterocycles. The number of anilines is 1. The molecular formula is C22H31ClN4O3. The van der Waals surface area contributed by atoms with Gasteiger partial charge in [0.1, 0.15) is 23.8 Å². The first kappa shape index (κ1) is 22.6. The molecule has 1 amide bonds. The molecule has 164 valence electrons. The number of likely N-dealkylation sites (tertiary alicyclic amines) is 1. The van der Waals surface area contributed by atoms with Gasteiger partial charge in [-0.2, -0.15) is 5.10 Å². The first-order valence-electron chi connectivity index (χ1n) is 10.3. The summed E-state index contributed by atoms with van der Waals surface area (Å²) in [6.07, 6.45) is 3.11. The van der Waals surface area contributed by atoms with E-state index >= 15 is 0 Å². The highest BCUT2D eigenvalue weighted by Crippen LogP contribution is 2.28. The maximum atomic E-state index is 12.5. The van der Waals surface area contributed by atoms with Gasteiger partial charge in [0.05, 0.1) is 12.7 Å². The number of nitrogens with one attached hydrogen (secondary N) is 1. The molecule has 0 radical (unpaired) electrons. The van der Waals surface area contributed by atoms with E-state index in [9.17, 15) is 9.90 Å². The normalized spacial score (nSPS) is 19.8. The molecule has 1 saturated heterocycles. The zero-order valence-corrected chi connectivity index (χ0v) is 18.9. The average Bonchev–Trinajstić information content (AvgIpc) is 3.12. The van der Waals surface area contributed by atoms with E-state index in [0.29, 0.717) is 24.5 Å². The van der Waals surface area contributed by atoms with Crippen LogP contribution in [0.15, 0.2) is 24.4 Å². The van der Waals surface area contributed by atoms with Gasteiger partial charge in [-0.25, -0.2) is 4.68 Å². The predicted octanol–water partition coefficient (Wildman–Crippen LogP) is 3.58. The van der Waals surface area contributed by atoms with E-state index in [1.807, 2.05) is 44.7 Å². The lowest BCUT2D eigenvalue weighted by molar-refractivity contribution is -0.120. The zero-order chi connectivity index (χ0) is 21.9. The number of aromatic nitrogens is 2. The highest BCUT2D eigenvalue weighted by molar-refractivity contribution is 6.32. The fraction of sp³-hybridized carbons (Fsp3) is 0.545. The standard InChI is InChI=1S/C22H31ClN4O3/c1-15(2)27-19(6-8-24-27)25-20(28)12-26-9-5-7-22(29,13-26)14-30-18-10-16(3)21(23)17(4)11-18/h6,8,10-11,15,29H,5,7,9,12-14H2,1-4H3,(H,25,28). The molecule has 2 heterocycles. The maximum Gasteiger partial charge on any atom is 0.239 e. The van der Waals surface area contributed by atoms with Crippen molar-refractivity contribution in [2.75, 3.05) is 31.6 Å². The number of carbonyl (C=O) groups is 1. The van der Waals surface area contributed by atoms with E-state index in [1.54, 1.807) is 16.9 Å². The molecule has 1 fully saturated rings. The summed E-state index contributed by atoms with van der Waals surface area (Å²) in [7, 11) is 0. The largest absolute Gasteiger partial charge is 0.491 e. The number of nitrogens with zero attached hydrogens (tertiary/aromatic N) is 3. The van der Waals surface area contributed by atoms with E-state index in [0.717, 1.165) is 29.1 Å². The van der Waals surface area contributed by atoms with Gasteiger partial charge in [0.2, 0.25) is 5.91 Å². The van der Waals surface area contributed by atoms with Crippen LogP contribution in [-0.4, -0.2) is 57.5 Å². The minimum atomic E-state index is -1.00. The van der Waals surface area contributed by atoms with Crippen molar-refractivity contribution in [1.29, 1.82) is 0 Å². The molecule has 0 saturated carbocycles. The molecule has 1 aromatic heterocycles. The third kappa shape index (κ3) is 5.53. The number of hydrogen-bond donors (Lipinski definition) is 2. The number of aliphatic hydroxyl groups is 1. The Bertz CT molecular complexity index is 875. The topological polar surface area (TPSA) is 79.6 Å². The van der Waals surface area contributed by atoms with Crippen molar-refractivity contribution in [1.82, 2.24) is 14.7 Å². The summed E-state index contributed by atoms with van der Waals surface area (Å²) in [6, 6.07) is 5.71. The van der Waals surface area contributed by atoms with Gasteiger partial charge in [-0.05, 0) is 70.3 Å². The van der Waals surface area contributed by atoms with Crippen molar-refractivity contribution in [3.63, 3.8) is 0 Å². The molecule has 8 heteroatoms.